The van der Waals surface area contributed by atoms with E-state index in [0.717, 1.165) is 45.7 Å². The third-order valence-corrected chi connectivity index (χ3v) is 6.40. The van der Waals surface area contributed by atoms with Gasteiger partial charge < -0.3 is 30.0 Å². The molecule has 0 aliphatic carbocycles. The summed E-state index contributed by atoms with van der Waals surface area (Å²) in [6.07, 6.45) is 0.333. The Bertz CT molecular complexity index is 1400. The normalized spacial score (nSPS) is 11.6. The number of ether oxygens (including phenoxy) is 2. The van der Waals surface area contributed by atoms with E-state index in [1.165, 1.54) is 7.11 Å². The van der Waals surface area contributed by atoms with Crippen LogP contribution in [0, 0.1) is 0 Å². The first-order valence-electron chi connectivity index (χ1n) is 12.8. The minimum atomic E-state index is -0.804. The Hall–Kier alpha value is -4.46. The van der Waals surface area contributed by atoms with Crippen molar-refractivity contribution in [2.45, 2.75) is 32.9 Å². The quantitative estimate of drug-likeness (QED) is 0.237. The second-order valence-corrected chi connectivity index (χ2v) is 8.77. The Labute approximate surface area is 222 Å². The number of hydrogen-bond donors (Lipinski definition) is 3. The minimum absolute atomic E-state index is 0.333. The van der Waals surface area contributed by atoms with E-state index in [2.05, 4.69) is 39.6 Å². The first-order valence-corrected chi connectivity index (χ1v) is 12.8. The van der Waals surface area contributed by atoms with Crippen molar-refractivity contribution in [2.24, 2.45) is 0 Å². The second kappa shape index (κ2) is 12.2. The topological polar surface area (TPSA) is 93.6 Å². The summed E-state index contributed by atoms with van der Waals surface area (Å²) in [5, 5.41) is 10.0. The number of aryl methyl sites for hydroxylation is 1. The molecule has 0 aliphatic heterocycles. The highest BCUT2D eigenvalue weighted by Gasteiger charge is 2.22. The molecule has 1 atom stereocenters. The molecule has 1 aromatic heterocycles. The van der Waals surface area contributed by atoms with Gasteiger partial charge in [-0.2, -0.15) is 0 Å². The molecule has 8 heteroatoms. The summed E-state index contributed by atoms with van der Waals surface area (Å²) in [7, 11) is 3.23. The first kappa shape index (κ1) is 26.6. The van der Waals surface area contributed by atoms with Crippen LogP contribution in [-0.4, -0.2) is 43.4 Å². The van der Waals surface area contributed by atoms with E-state index in [0.29, 0.717) is 18.7 Å². The molecule has 0 aliphatic rings. The molecule has 4 rings (SSSR count). The molecule has 2 amide bonds. The molecule has 0 saturated heterocycles. The predicted octanol–water partition coefficient (Wildman–Crippen LogP) is 5.67. The third kappa shape index (κ3) is 5.75. The van der Waals surface area contributed by atoms with Crippen molar-refractivity contribution in [3.8, 4) is 17.0 Å². The number of aromatic nitrogens is 1. The highest BCUT2D eigenvalue weighted by Crippen LogP contribution is 2.39. The van der Waals surface area contributed by atoms with Crippen LogP contribution in [0.4, 0.5) is 16.2 Å². The summed E-state index contributed by atoms with van der Waals surface area (Å²) in [5.41, 5.74) is 5.72. The van der Waals surface area contributed by atoms with Crippen molar-refractivity contribution >= 4 is 34.3 Å². The van der Waals surface area contributed by atoms with Crippen LogP contribution in [0.2, 0.25) is 0 Å². The number of carbonyl (C=O) groups excluding carboxylic acids is 2. The molecule has 0 saturated carbocycles. The largest absolute Gasteiger partial charge is 0.494 e. The Morgan fingerprint density at radius 2 is 1.71 bits per heavy atom. The Morgan fingerprint density at radius 1 is 0.974 bits per heavy atom. The number of urea groups is 1. The van der Waals surface area contributed by atoms with Gasteiger partial charge in [0.25, 0.3) is 0 Å². The average Bonchev–Trinajstić information content (AvgIpc) is 3.26. The van der Waals surface area contributed by atoms with Crippen LogP contribution in [-0.2, 0) is 22.5 Å². The molecule has 0 fully saturated rings. The zero-order chi connectivity index (χ0) is 27.1. The Balaban J connectivity index is 1.54. The maximum atomic E-state index is 12.7. The molecule has 0 radical (unpaired) electrons. The van der Waals surface area contributed by atoms with Crippen molar-refractivity contribution in [3.05, 3.63) is 78.4 Å². The van der Waals surface area contributed by atoms with E-state index in [1.807, 2.05) is 74.6 Å². The lowest BCUT2D eigenvalue weighted by Gasteiger charge is -2.17. The molecule has 198 valence electrons. The molecular formula is C30H34N4O4. The highest BCUT2D eigenvalue weighted by atomic mass is 16.5. The van der Waals surface area contributed by atoms with Gasteiger partial charge >= 0.3 is 12.0 Å². The predicted molar refractivity (Wildman–Crippen MR) is 152 cm³/mol. The number of nitrogens with one attached hydrogen (secondary N) is 3. The molecule has 4 aromatic rings. The van der Waals surface area contributed by atoms with Crippen molar-refractivity contribution < 1.29 is 19.1 Å². The zero-order valence-electron chi connectivity index (χ0n) is 22.2. The maximum Gasteiger partial charge on any atom is 0.328 e. The summed E-state index contributed by atoms with van der Waals surface area (Å²) in [4.78, 5) is 25.0. The van der Waals surface area contributed by atoms with Gasteiger partial charge in [-0.15, -0.1) is 0 Å². The SMILES string of the molecule is CCOc1ccc2c(NC)c(-c3ccc(NC(=O)NC(Cc4ccccc4)C(=O)OC)cc3)n(CC)c2c1. The smallest absolute Gasteiger partial charge is 0.328 e. The molecule has 3 aromatic carbocycles. The van der Waals surface area contributed by atoms with Crippen LogP contribution >= 0.6 is 0 Å². The number of esters is 1. The Kier molecular flexibility index (Phi) is 8.53. The summed E-state index contributed by atoms with van der Waals surface area (Å²) < 4.78 is 12.9. The van der Waals surface area contributed by atoms with E-state index in [4.69, 9.17) is 9.47 Å². The van der Waals surface area contributed by atoms with Gasteiger partial charge in [-0.3, -0.25) is 0 Å². The van der Waals surface area contributed by atoms with Gasteiger partial charge in [0.15, 0.2) is 0 Å². The van der Waals surface area contributed by atoms with Crippen molar-refractivity contribution in [2.75, 3.05) is 31.4 Å². The van der Waals surface area contributed by atoms with Crippen LogP contribution in [0.1, 0.15) is 19.4 Å². The lowest BCUT2D eigenvalue weighted by atomic mass is 10.1. The molecular weight excluding hydrogens is 480 g/mol. The van der Waals surface area contributed by atoms with Gasteiger partial charge in [-0.05, 0) is 43.7 Å². The molecule has 0 spiro atoms. The summed E-state index contributed by atoms with van der Waals surface area (Å²) in [6.45, 7) is 5.48. The number of anilines is 2. The Morgan fingerprint density at radius 3 is 2.34 bits per heavy atom. The lowest BCUT2D eigenvalue weighted by Crippen LogP contribution is -2.45. The molecule has 1 heterocycles. The van der Waals surface area contributed by atoms with Gasteiger partial charge in [0.1, 0.15) is 11.8 Å². The minimum Gasteiger partial charge on any atom is -0.494 e. The van der Waals surface area contributed by atoms with E-state index in [1.54, 1.807) is 0 Å². The average molecular weight is 515 g/mol. The van der Waals surface area contributed by atoms with Crippen LogP contribution < -0.4 is 20.7 Å². The van der Waals surface area contributed by atoms with E-state index in [-0.39, 0.29) is 0 Å². The van der Waals surface area contributed by atoms with Crippen LogP contribution in [0.15, 0.2) is 72.8 Å². The first-order chi connectivity index (χ1) is 18.5. The van der Waals surface area contributed by atoms with Gasteiger partial charge in [0.05, 0.1) is 30.6 Å². The summed E-state index contributed by atoms with van der Waals surface area (Å²) in [6, 6.07) is 22.0. The molecule has 1 unspecified atom stereocenters. The van der Waals surface area contributed by atoms with Crippen LogP contribution in [0.5, 0.6) is 5.75 Å². The van der Waals surface area contributed by atoms with Crippen molar-refractivity contribution in [3.63, 3.8) is 0 Å². The van der Waals surface area contributed by atoms with E-state index in [9.17, 15) is 9.59 Å². The van der Waals surface area contributed by atoms with Crippen molar-refractivity contribution in [1.82, 2.24) is 9.88 Å². The number of benzene rings is 3. The number of carbonyl (C=O) groups is 2. The van der Waals surface area contributed by atoms with Gasteiger partial charge in [-0.25, -0.2) is 9.59 Å². The fourth-order valence-electron chi connectivity index (χ4n) is 4.69. The van der Waals surface area contributed by atoms with Crippen LogP contribution in [0.3, 0.4) is 0 Å². The van der Waals surface area contributed by atoms with Gasteiger partial charge in [-0.1, -0.05) is 42.5 Å². The van der Waals surface area contributed by atoms with Crippen LogP contribution in [0.25, 0.3) is 22.2 Å². The van der Waals surface area contributed by atoms with E-state index >= 15 is 0 Å². The number of methoxy groups -OCH3 is 1. The fraction of sp³-hybridized carbons (Fsp3) is 0.267. The molecule has 8 nitrogen and oxygen atoms in total. The monoisotopic (exact) mass is 514 g/mol. The number of fused-ring (bicyclic) bond motifs is 1. The molecule has 38 heavy (non-hydrogen) atoms. The number of nitrogens with zero attached hydrogens (tertiary/aromatic N) is 1. The molecule has 0 bridgehead atoms. The summed E-state index contributed by atoms with van der Waals surface area (Å²) in [5.74, 6) is 0.336. The lowest BCUT2D eigenvalue weighted by molar-refractivity contribution is -0.142. The second-order valence-electron chi connectivity index (χ2n) is 8.77. The summed E-state index contributed by atoms with van der Waals surface area (Å²) >= 11 is 0. The third-order valence-electron chi connectivity index (χ3n) is 6.40. The van der Waals surface area contributed by atoms with Gasteiger partial charge in [0, 0.05) is 42.7 Å². The number of rotatable bonds is 10. The number of amides is 2. The maximum absolute atomic E-state index is 12.7. The van der Waals surface area contributed by atoms with Gasteiger partial charge in [0.2, 0.25) is 0 Å². The van der Waals surface area contributed by atoms with E-state index < -0.39 is 18.0 Å². The highest BCUT2D eigenvalue weighted by molar-refractivity contribution is 6.03. The fourth-order valence-corrected chi connectivity index (χ4v) is 4.69. The standard InChI is InChI=1S/C30H34N4O4/c1-5-34-26-19-23(38-6-2)16-17-24(26)27(31-3)28(34)21-12-14-22(15-13-21)32-30(36)33-25(29(35)37-4)18-20-10-8-7-9-11-20/h7-17,19,25,31H,5-6,18H2,1-4H3,(H2,32,33,36). The molecule has 3 N–H and O–H groups in total. The zero-order valence-corrected chi connectivity index (χ0v) is 22.2. The van der Waals surface area contributed by atoms with Crippen molar-refractivity contribution in [1.29, 1.82) is 0 Å². The number of hydrogen-bond acceptors (Lipinski definition) is 5.